The van der Waals surface area contributed by atoms with Gasteiger partial charge in [-0.15, -0.1) is 0 Å². The van der Waals surface area contributed by atoms with Gasteiger partial charge in [-0.25, -0.2) is 9.48 Å². The molecule has 1 aliphatic rings. The molecule has 0 spiro atoms. The Balaban J connectivity index is 1.53. The van der Waals surface area contributed by atoms with E-state index in [2.05, 4.69) is 5.10 Å². The Kier molecular flexibility index (Phi) is 5.52. The van der Waals surface area contributed by atoms with E-state index in [-0.39, 0.29) is 5.78 Å². The maximum atomic E-state index is 12.8. The number of benzene rings is 2. The van der Waals surface area contributed by atoms with Gasteiger partial charge in [-0.05, 0) is 43.2 Å². The van der Waals surface area contributed by atoms with Crippen molar-refractivity contribution in [2.45, 2.75) is 18.8 Å². The topological polar surface area (TPSA) is 79.7 Å². The highest BCUT2D eigenvalue weighted by Crippen LogP contribution is 2.39. The van der Waals surface area contributed by atoms with Crippen molar-refractivity contribution in [2.75, 3.05) is 20.8 Å². The Morgan fingerprint density at radius 3 is 2.47 bits per heavy atom. The molecule has 0 saturated heterocycles. The van der Waals surface area contributed by atoms with Crippen LogP contribution in [0.5, 0.6) is 11.5 Å². The lowest BCUT2D eigenvalue weighted by Gasteiger charge is -2.10. The largest absolute Gasteiger partial charge is 0.497 e. The van der Waals surface area contributed by atoms with E-state index in [9.17, 15) is 9.59 Å². The molecule has 1 heterocycles. The van der Waals surface area contributed by atoms with Crippen molar-refractivity contribution in [1.29, 1.82) is 0 Å². The van der Waals surface area contributed by atoms with Gasteiger partial charge in [0.15, 0.2) is 12.3 Å². The molecule has 0 aliphatic heterocycles. The maximum absolute atomic E-state index is 12.8. The van der Waals surface area contributed by atoms with Crippen molar-refractivity contribution in [2.24, 2.45) is 0 Å². The molecule has 1 saturated carbocycles. The van der Waals surface area contributed by atoms with E-state index < -0.39 is 12.6 Å². The average Bonchev–Trinajstić information content (AvgIpc) is 3.55. The zero-order valence-corrected chi connectivity index (χ0v) is 16.8. The number of methoxy groups -OCH3 is 2. The third-order valence-corrected chi connectivity index (χ3v) is 4.98. The van der Waals surface area contributed by atoms with Gasteiger partial charge >= 0.3 is 5.97 Å². The first kappa shape index (κ1) is 19.7. The molecule has 0 N–H and O–H groups in total. The van der Waals surface area contributed by atoms with Gasteiger partial charge in [0.2, 0.25) is 5.78 Å². The quantitative estimate of drug-likeness (QED) is 0.418. The third-order valence-electron chi connectivity index (χ3n) is 4.98. The number of carbonyl (C=O) groups excluding carboxylic acids is 2. The highest BCUT2D eigenvalue weighted by atomic mass is 16.5. The van der Waals surface area contributed by atoms with E-state index in [0.29, 0.717) is 28.7 Å². The number of aromatic nitrogens is 2. The number of Topliss-reactive ketones (excluding diaryl/α,β-unsaturated/α-hetero) is 1. The van der Waals surface area contributed by atoms with Gasteiger partial charge in [-0.1, -0.05) is 18.2 Å². The van der Waals surface area contributed by atoms with Crippen molar-refractivity contribution >= 4 is 11.8 Å². The van der Waals surface area contributed by atoms with Gasteiger partial charge in [0.05, 0.1) is 31.2 Å². The second-order valence-corrected chi connectivity index (χ2v) is 7.04. The summed E-state index contributed by atoms with van der Waals surface area (Å²) in [5, 5.41) is 4.59. The Hall–Kier alpha value is -3.61. The molecule has 0 radical (unpaired) electrons. The number of carbonyl (C=O) groups is 2. The van der Waals surface area contributed by atoms with Crippen LogP contribution in [0, 0.1) is 0 Å². The molecular weight excluding hydrogens is 384 g/mol. The van der Waals surface area contributed by atoms with Crippen LogP contribution >= 0.6 is 0 Å². The highest BCUT2D eigenvalue weighted by molar-refractivity contribution is 6.01. The molecule has 1 aliphatic carbocycles. The zero-order valence-electron chi connectivity index (χ0n) is 16.8. The van der Waals surface area contributed by atoms with Crippen molar-refractivity contribution in [1.82, 2.24) is 9.78 Å². The maximum Gasteiger partial charge on any atom is 0.357 e. The summed E-state index contributed by atoms with van der Waals surface area (Å²) in [7, 11) is 3.00. The van der Waals surface area contributed by atoms with E-state index >= 15 is 0 Å². The molecule has 3 aromatic rings. The van der Waals surface area contributed by atoms with Crippen molar-refractivity contribution in [3.8, 4) is 17.2 Å². The lowest BCUT2D eigenvalue weighted by atomic mass is 10.1. The van der Waals surface area contributed by atoms with E-state index in [4.69, 9.17) is 14.2 Å². The summed E-state index contributed by atoms with van der Waals surface area (Å²) in [6, 6.07) is 16.0. The summed E-state index contributed by atoms with van der Waals surface area (Å²) in [4.78, 5) is 25.4. The number of rotatable bonds is 8. The minimum Gasteiger partial charge on any atom is -0.497 e. The van der Waals surface area contributed by atoms with E-state index in [1.807, 2.05) is 30.3 Å². The van der Waals surface area contributed by atoms with Crippen LogP contribution in [0.25, 0.3) is 5.69 Å². The predicted octanol–water partition coefficient (Wildman–Crippen LogP) is 3.81. The van der Waals surface area contributed by atoms with E-state index in [1.54, 1.807) is 28.9 Å². The summed E-state index contributed by atoms with van der Waals surface area (Å²) < 4.78 is 17.3. The summed E-state index contributed by atoms with van der Waals surface area (Å²) in [6.45, 7) is -0.403. The van der Waals surface area contributed by atoms with Crippen LogP contribution in [-0.4, -0.2) is 42.4 Å². The second-order valence-electron chi connectivity index (χ2n) is 7.04. The van der Waals surface area contributed by atoms with Crippen LogP contribution in [0.1, 0.15) is 45.3 Å². The normalized spacial score (nSPS) is 13.0. The lowest BCUT2D eigenvalue weighted by molar-refractivity contribution is 0.0465. The fourth-order valence-corrected chi connectivity index (χ4v) is 3.20. The summed E-state index contributed by atoms with van der Waals surface area (Å²) in [5.41, 5.74) is 2.26. The van der Waals surface area contributed by atoms with Gasteiger partial charge in [-0.2, -0.15) is 5.10 Å². The van der Waals surface area contributed by atoms with Crippen molar-refractivity contribution in [3.05, 3.63) is 71.5 Å². The SMILES string of the molecule is COc1ccc(C(=O)COC(=O)c2cc(C3CC3)nn2-c2ccccc2)c(OC)c1. The Bertz CT molecular complexity index is 1070. The number of hydrogen-bond donors (Lipinski definition) is 0. The Morgan fingerprint density at radius 2 is 1.80 bits per heavy atom. The first-order valence-corrected chi connectivity index (χ1v) is 9.68. The Morgan fingerprint density at radius 1 is 1.03 bits per heavy atom. The molecule has 2 aromatic carbocycles. The standard InChI is InChI=1S/C23H22N2O5/c1-28-17-10-11-18(22(12-17)29-2)21(26)14-30-23(27)20-13-19(15-8-9-15)24-25(20)16-6-4-3-5-7-16/h3-7,10-13,15H,8-9,14H2,1-2H3. The van der Waals surface area contributed by atoms with Gasteiger partial charge in [0, 0.05) is 12.0 Å². The number of ketones is 1. The number of nitrogens with zero attached hydrogens (tertiary/aromatic N) is 2. The molecule has 0 amide bonds. The molecule has 0 unspecified atom stereocenters. The Labute approximate surface area is 174 Å². The fraction of sp³-hybridized carbons (Fsp3) is 0.261. The predicted molar refractivity (Wildman–Crippen MR) is 110 cm³/mol. The first-order chi connectivity index (χ1) is 14.6. The number of hydrogen-bond acceptors (Lipinski definition) is 6. The molecule has 4 rings (SSSR count). The number of para-hydroxylation sites is 1. The van der Waals surface area contributed by atoms with Crippen LogP contribution < -0.4 is 9.47 Å². The molecule has 7 heteroatoms. The van der Waals surface area contributed by atoms with E-state index in [0.717, 1.165) is 24.2 Å². The molecule has 7 nitrogen and oxygen atoms in total. The van der Waals surface area contributed by atoms with Crippen LogP contribution in [0.15, 0.2) is 54.6 Å². The first-order valence-electron chi connectivity index (χ1n) is 9.68. The summed E-state index contributed by atoms with van der Waals surface area (Å²) >= 11 is 0. The second kappa shape index (κ2) is 8.41. The number of ether oxygens (including phenoxy) is 3. The molecule has 0 bridgehead atoms. The van der Waals surface area contributed by atoms with Gasteiger partial charge < -0.3 is 14.2 Å². The van der Waals surface area contributed by atoms with Gasteiger partial charge in [0.25, 0.3) is 0 Å². The molecule has 0 atom stereocenters. The summed E-state index contributed by atoms with van der Waals surface area (Å²) in [6.07, 6.45) is 2.13. The van der Waals surface area contributed by atoms with Crippen LogP contribution in [0.3, 0.4) is 0 Å². The van der Waals surface area contributed by atoms with E-state index in [1.165, 1.54) is 14.2 Å². The smallest absolute Gasteiger partial charge is 0.357 e. The third kappa shape index (κ3) is 4.05. The van der Waals surface area contributed by atoms with Crippen molar-refractivity contribution < 1.29 is 23.8 Å². The molecule has 30 heavy (non-hydrogen) atoms. The van der Waals surface area contributed by atoms with Crippen LogP contribution in [-0.2, 0) is 4.74 Å². The van der Waals surface area contributed by atoms with Crippen LogP contribution in [0.4, 0.5) is 0 Å². The molecular formula is C23H22N2O5. The van der Waals surface area contributed by atoms with Gasteiger partial charge in [0.1, 0.15) is 11.5 Å². The summed E-state index contributed by atoms with van der Waals surface area (Å²) in [5.74, 6) is 0.349. The van der Waals surface area contributed by atoms with Crippen LogP contribution in [0.2, 0.25) is 0 Å². The highest BCUT2D eigenvalue weighted by Gasteiger charge is 2.29. The average molecular weight is 406 g/mol. The molecule has 154 valence electrons. The van der Waals surface area contributed by atoms with Crippen molar-refractivity contribution in [3.63, 3.8) is 0 Å². The fourth-order valence-electron chi connectivity index (χ4n) is 3.20. The molecule has 1 aromatic heterocycles. The lowest BCUT2D eigenvalue weighted by Crippen LogP contribution is -2.17. The minimum absolute atomic E-state index is 0.303. The molecule has 1 fully saturated rings. The monoisotopic (exact) mass is 406 g/mol. The number of esters is 1. The van der Waals surface area contributed by atoms with Gasteiger partial charge in [-0.3, -0.25) is 4.79 Å². The zero-order chi connectivity index (χ0) is 21.1. The minimum atomic E-state index is -0.598.